The molecule has 0 unspecified atom stereocenters. The largest absolute Gasteiger partial charge is 0.495 e. The number of ether oxygens (including phenoxy) is 1. The smallest absolute Gasteiger partial charge is 0.243 e. The van der Waals surface area contributed by atoms with Crippen molar-refractivity contribution < 1.29 is 17.9 Å². The number of carbonyl (C=O) groups excluding carboxylic acids is 1. The SMILES string of the molecule is COc1ccccc1NC(=O)C1CCN(S(=O)(=O)c2c(C)c(C)c(C)c(C)c2C)CC1. The van der Waals surface area contributed by atoms with Crippen LogP contribution in [-0.4, -0.2) is 38.8 Å². The number of nitrogens with zero attached hydrogens (tertiary/aromatic N) is 1. The van der Waals surface area contributed by atoms with E-state index in [9.17, 15) is 13.2 Å². The van der Waals surface area contributed by atoms with Crippen LogP contribution in [0, 0.1) is 40.5 Å². The van der Waals surface area contributed by atoms with Crippen molar-refractivity contribution in [3.63, 3.8) is 0 Å². The maximum absolute atomic E-state index is 13.5. The van der Waals surface area contributed by atoms with Crippen molar-refractivity contribution in [2.75, 3.05) is 25.5 Å². The first kappa shape index (κ1) is 23.3. The lowest BCUT2D eigenvalue weighted by molar-refractivity contribution is -0.120. The summed E-state index contributed by atoms with van der Waals surface area (Å²) >= 11 is 0. The molecule has 0 radical (unpaired) electrons. The predicted octanol–water partition coefficient (Wildman–Crippen LogP) is 4.28. The minimum absolute atomic E-state index is 0.101. The molecule has 3 rings (SSSR count). The Bertz CT molecular complexity index is 1070. The van der Waals surface area contributed by atoms with Crippen molar-refractivity contribution in [3.05, 3.63) is 52.1 Å². The number of piperidine rings is 1. The highest BCUT2D eigenvalue weighted by Crippen LogP contribution is 2.33. The van der Waals surface area contributed by atoms with Crippen molar-refractivity contribution in [3.8, 4) is 5.75 Å². The van der Waals surface area contributed by atoms with Crippen molar-refractivity contribution in [2.45, 2.75) is 52.4 Å². The molecule has 2 aromatic rings. The number of para-hydroxylation sites is 2. The quantitative estimate of drug-likeness (QED) is 0.747. The standard InChI is InChI=1S/C24H32N2O4S/c1-15-16(2)18(4)23(19(5)17(15)3)31(28,29)26-13-11-20(12-14-26)24(27)25-21-9-7-8-10-22(21)30-6/h7-10,20H,11-14H2,1-6H3,(H,25,27). The van der Waals surface area contributed by atoms with Crippen molar-refractivity contribution in [1.82, 2.24) is 4.31 Å². The van der Waals surface area contributed by atoms with Gasteiger partial charge in [-0.15, -0.1) is 0 Å². The summed E-state index contributed by atoms with van der Waals surface area (Å²) in [5.74, 6) is 0.267. The van der Waals surface area contributed by atoms with E-state index in [0.29, 0.717) is 42.3 Å². The summed E-state index contributed by atoms with van der Waals surface area (Å²) in [6.07, 6.45) is 0.976. The van der Waals surface area contributed by atoms with Crippen LogP contribution in [-0.2, 0) is 14.8 Å². The van der Waals surface area contributed by atoms with Crippen LogP contribution in [0.25, 0.3) is 0 Å². The minimum Gasteiger partial charge on any atom is -0.495 e. The highest BCUT2D eigenvalue weighted by Gasteiger charge is 2.34. The van der Waals surface area contributed by atoms with Crippen LogP contribution in [0.15, 0.2) is 29.2 Å². The third-order valence-electron chi connectivity index (χ3n) is 6.72. The molecule has 2 aromatic carbocycles. The Morgan fingerprint density at radius 3 is 2.00 bits per heavy atom. The van der Waals surface area contributed by atoms with Crippen LogP contribution in [0.2, 0.25) is 0 Å². The summed E-state index contributed by atoms with van der Waals surface area (Å²) < 4.78 is 33.8. The molecule has 0 aromatic heterocycles. The Hall–Kier alpha value is -2.38. The summed E-state index contributed by atoms with van der Waals surface area (Å²) in [6, 6.07) is 7.27. The number of sulfonamides is 1. The predicted molar refractivity (Wildman–Crippen MR) is 123 cm³/mol. The summed E-state index contributed by atoms with van der Waals surface area (Å²) in [4.78, 5) is 13.2. The van der Waals surface area contributed by atoms with Gasteiger partial charge in [-0.1, -0.05) is 12.1 Å². The molecule has 1 N–H and O–H groups in total. The zero-order valence-corrected chi connectivity index (χ0v) is 20.0. The molecule has 0 spiro atoms. The normalized spacial score (nSPS) is 15.7. The number of anilines is 1. The van der Waals surface area contributed by atoms with E-state index >= 15 is 0 Å². The van der Waals surface area contributed by atoms with E-state index in [2.05, 4.69) is 5.32 Å². The maximum Gasteiger partial charge on any atom is 0.243 e. The molecule has 1 aliphatic heterocycles. The number of nitrogens with one attached hydrogen (secondary N) is 1. The lowest BCUT2D eigenvalue weighted by Crippen LogP contribution is -2.42. The second-order valence-electron chi connectivity index (χ2n) is 8.32. The third kappa shape index (κ3) is 4.34. The Labute approximate surface area is 185 Å². The number of carbonyl (C=O) groups is 1. The molecule has 6 nitrogen and oxygen atoms in total. The Balaban J connectivity index is 1.76. The molecule has 0 bridgehead atoms. The van der Waals surface area contributed by atoms with E-state index in [1.165, 1.54) is 4.31 Å². The summed E-state index contributed by atoms with van der Waals surface area (Å²) in [6.45, 7) is 10.4. The van der Waals surface area contributed by atoms with E-state index in [0.717, 1.165) is 27.8 Å². The van der Waals surface area contributed by atoms with Gasteiger partial charge >= 0.3 is 0 Å². The Kier molecular flexibility index (Phi) is 6.76. The van der Waals surface area contributed by atoms with Gasteiger partial charge in [0.25, 0.3) is 0 Å². The molecule has 0 aliphatic carbocycles. The highest BCUT2D eigenvalue weighted by molar-refractivity contribution is 7.89. The highest BCUT2D eigenvalue weighted by atomic mass is 32.2. The molecule has 1 saturated heterocycles. The molecule has 168 valence electrons. The van der Waals surface area contributed by atoms with Crippen LogP contribution in [0.3, 0.4) is 0 Å². The number of hydrogen-bond donors (Lipinski definition) is 1. The van der Waals surface area contributed by atoms with E-state index in [-0.39, 0.29) is 11.8 Å². The fraction of sp³-hybridized carbons (Fsp3) is 0.458. The minimum atomic E-state index is -3.62. The van der Waals surface area contributed by atoms with Crippen LogP contribution in [0.5, 0.6) is 5.75 Å². The van der Waals surface area contributed by atoms with Crippen molar-refractivity contribution in [2.24, 2.45) is 5.92 Å². The van der Waals surface area contributed by atoms with E-state index in [1.54, 1.807) is 19.2 Å². The maximum atomic E-state index is 13.5. The number of hydrogen-bond acceptors (Lipinski definition) is 4. The lowest BCUT2D eigenvalue weighted by atomic mass is 9.95. The van der Waals surface area contributed by atoms with Gasteiger partial charge in [-0.3, -0.25) is 4.79 Å². The zero-order chi connectivity index (χ0) is 22.9. The van der Waals surface area contributed by atoms with Gasteiger partial charge in [-0.2, -0.15) is 4.31 Å². The molecule has 0 atom stereocenters. The Morgan fingerprint density at radius 1 is 0.935 bits per heavy atom. The van der Waals surface area contributed by atoms with Gasteiger partial charge in [0.2, 0.25) is 15.9 Å². The molecule has 1 amide bonds. The summed E-state index contributed by atoms with van der Waals surface area (Å²) in [5.41, 5.74) is 5.44. The second-order valence-corrected chi connectivity index (χ2v) is 10.2. The molecule has 7 heteroatoms. The van der Waals surface area contributed by atoms with Crippen molar-refractivity contribution in [1.29, 1.82) is 0 Å². The number of amides is 1. The molecule has 31 heavy (non-hydrogen) atoms. The van der Waals surface area contributed by atoms with Crippen LogP contribution >= 0.6 is 0 Å². The molecular weight excluding hydrogens is 412 g/mol. The second kappa shape index (κ2) is 9.01. The summed E-state index contributed by atoms with van der Waals surface area (Å²) in [7, 11) is -2.06. The first-order chi connectivity index (χ1) is 14.6. The van der Waals surface area contributed by atoms with Gasteiger partial charge in [0.05, 0.1) is 17.7 Å². The third-order valence-corrected chi connectivity index (χ3v) is 8.89. The number of benzene rings is 2. The fourth-order valence-corrected chi connectivity index (χ4v) is 6.35. The zero-order valence-electron chi connectivity index (χ0n) is 19.2. The number of rotatable bonds is 5. The molecule has 1 fully saturated rings. The molecule has 1 heterocycles. The van der Waals surface area contributed by atoms with Gasteiger partial charge in [-0.25, -0.2) is 8.42 Å². The lowest BCUT2D eigenvalue weighted by Gasteiger charge is -2.32. The van der Waals surface area contributed by atoms with Crippen LogP contribution in [0.4, 0.5) is 5.69 Å². The average Bonchev–Trinajstić information content (AvgIpc) is 2.76. The van der Waals surface area contributed by atoms with Gasteiger partial charge in [0, 0.05) is 19.0 Å². The van der Waals surface area contributed by atoms with E-state index in [1.807, 2.05) is 46.8 Å². The topological polar surface area (TPSA) is 75.7 Å². The van der Waals surface area contributed by atoms with E-state index in [4.69, 9.17) is 4.74 Å². The monoisotopic (exact) mass is 444 g/mol. The van der Waals surface area contributed by atoms with Gasteiger partial charge in [0.15, 0.2) is 0 Å². The number of methoxy groups -OCH3 is 1. The van der Waals surface area contributed by atoms with Crippen LogP contribution in [0.1, 0.15) is 40.7 Å². The molecule has 1 aliphatic rings. The molecular formula is C24H32N2O4S. The average molecular weight is 445 g/mol. The Morgan fingerprint density at radius 2 is 1.45 bits per heavy atom. The van der Waals surface area contributed by atoms with Crippen molar-refractivity contribution >= 4 is 21.6 Å². The van der Waals surface area contributed by atoms with Gasteiger partial charge in [0.1, 0.15) is 5.75 Å². The first-order valence-corrected chi connectivity index (χ1v) is 12.0. The van der Waals surface area contributed by atoms with Gasteiger partial charge < -0.3 is 10.1 Å². The van der Waals surface area contributed by atoms with Crippen LogP contribution < -0.4 is 10.1 Å². The van der Waals surface area contributed by atoms with Gasteiger partial charge in [-0.05, 0) is 87.4 Å². The molecule has 0 saturated carbocycles. The first-order valence-electron chi connectivity index (χ1n) is 10.6. The summed E-state index contributed by atoms with van der Waals surface area (Å²) in [5, 5.41) is 2.92. The van der Waals surface area contributed by atoms with E-state index < -0.39 is 10.0 Å². The fourth-order valence-electron chi connectivity index (χ4n) is 4.32.